The van der Waals surface area contributed by atoms with E-state index in [4.69, 9.17) is 23.2 Å². The van der Waals surface area contributed by atoms with E-state index < -0.39 is 27.1 Å². The molecular formula is C17H12Cl2N2O3S2. The Hall–Kier alpha value is -1.56. The topological polar surface area (TPSA) is 87.0 Å². The Morgan fingerprint density at radius 2 is 1.92 bits per heavy atom. The summed E-state index contributed by atoms with van der Waals surface area (Å²) in [4.78, 5) is 13.2. The first-order chi connectivity index (χ1) is 12.2. The monoisotopic (exact) mass is 426 g/mol. The molecule has 0 aromatic heterocycles. The second kappa shape index (κ2) is 7.22. The standard InChI is InChI=1S/C17H12Cl2N2O3S2/c1-9-6-15-14(7-13(9)19)25-17(21-26(15,23)24)12(8-20)16(22)10-2-4-11(18)5-3-10/h2-7,12,17,21H,1H3. The summed E-state index contributed by atoms with van der Waals surface area (Å²) in [7, 11) is -3.86. The van der Waals surface area contributed by atoms with Crippen molar-refractivity contribution in [2.75, 3.05) is 0 Å². The van der Waals surface area contributed by atoms with E-state index in [1.54, 1.807) is 25.1 Å². The minimum atomic E-state index is -3.86. The Balaban J connectivity index is 1.98. The first-order valence-corrected chi connectivity index (χ1v) is 10.5. The molecule has 0 aliphatic carbocycles. The van der Waals surface area contributed by atoms with E-state index in [-0.39, 0.29) is 10.5 Å². The molecule has 2 aromatic rings. The summed E-state index contributed by atoms with van der Waals surface area (Å²) in [5, 5.41) is 9.43. The molecule has 26 heavy (non-hydrogen) atoms. The zero-order chi connectivity index (χ0) is 19.1. The number of thioether (sulfide) groups is 1. The molecule has 2 atom stereocenters. The van der Waals surface area contributed by atoms with Gasteiger partial charge in [0.15, 0.2) is 5.78 Å². The second-order valence-electron chi connectivity index (χ2n) is 5.69. The maximum atomic E-state index is 12.7. The number of hydrogen-bond donors (Lipinski definition) is 1. The van der Waals surface area contributed by atoms with Gasteiger partial charge in [0.2, 0.25) is 10.0 Å². The van der Waals surface area contributed by atoms with Gasteiger partial charge in [0, 0.05) is 20.5 Å². The quantitative estimate of drug-likeness (QED) is 0.748. The third-order valence-electron chi connectivity index (χ3n) is 3.89. The number of carbonyl (C=O) groups is 1. The third kappa shape index (κ3) is 3.61. The molecule has 2 aromatic carbocycles. The van der Waals surface area contributed by atoms with Crippen LogP contribution >= 0.6 is 35.0 Å². The predicted octanol–water partition coefficient (Wildman–Crippen LogP) is 4.03. The van der Waals surface area contributed by atoms with Crippen molar-refractivity contribution < 1.29 is 13.2 Å². The molecule has 0 saturated carbocycles. The van der Waals surface area contributed by atoms with Gasteiger partial charge in [0.25, 0.3) is 0 Å². The molecule has 3 rings (SSSR count). The number of fused-ring (bicyclic) bond motifs is 1. The van der Waals surface area contributed by atoms with E-state index in [0.717, 1.165) is 11.8 Å². The minimum absolute atomic E-state index is 0.0938. The van der Waals surface area contributed by atoms with Crippen LogP contribution in [0.1, 0.15) is 15.9 Å². The highest BCUT2D eigenvalue weighted by Gasteiger charge is 2.38. The molecule has 134 valence electrons. The van der Waals surface area contributed by atoms with E-state index in [1.165, 1.54) is 18.2 Å². The van der Waals surface area contributed by atoms with Crippen molar-refractivity contribution in [2.24, 2.45) is 5.92 Å². The lowest BCUT2D eigenvalue weighted by atomic mass is 9.99. The van der Waals surface area contributed by atoms with Crippen LogP contribution in [0.2, 0.25) is 10.0 Å². The van der Waals surface area contributed by atoms with E-state index in [2.05, 4.69) is 4.72 Å². The van der Waals surface area contributed by atoms with Crippen LogP contribution in [0, 0.1) is 24.2 Å². The molecule has 1 heterocycles. The van der Waals surface area contributed by atoms with Crippen LogP contribution in [0.4, 0.5) is 0 Å². The van der Waals surface area contributed by atoms with Crippen LogP contribution in [0.25, 0.3) is 0 Å². The maximum absolute atomic E-state index is 12.7. The number of carbonyl (C=O) groups excluding carboxylic acids is 1. The average Bonchev–Trinajstić information content (AvgIpc) is 2.57. The summed E-state index contributed by atoms with van der Waals surface area (Å²) in [6, 6.07) is 11.0. The van der Waals surface area contributed by atoms with Gasteiger partial charge in [0.05, 0.1) is 16.3 Å². The van der Waals surface area contributed by atoms with Crippen LogP contribution in [0.5, 0.6) is 0 Å². The fourth-order valence-electron chi connectivity index (χ4n) is 2.51. The van der Waals surface area contributed by atoms with E-state index in [0.29, 0.717) is 20.5 Å². The average molecular weight is 427 g/mol. The second-order valence-corrected chi connectivity index (χ2v) is 9.40. The fourth-order valence-corrected chi connectivity index (χ4v) is 6.09. The summed E-state index contributed by atoms with van der Waals surface area (Å²) >= 11 is 13.0. The van der Waals surface area contributed by atoms with Crippen molar-refractivity contribution in [1.29, 1.82) is 5.26 Å². The summed E-state index contributed by atoms with van der Waals surface area (Å²) < 4.78 is 27.6. The SMILES string of the molecule is Cc1cc2c(cc1Cl)SC(C(C#N)C(=O)c1ccc(Cl)cc1)NS2(=O)=O. The number of nitriles is 1. The Labute approximate surface area is 165 Å². The number of nitrogens with one attached hydrogen (secondary N) is 1. The Morgan fingerprint density at radius 3 is 2.54 bits per heavy atom. The van der Waals surface area contributed by atoms with Crippen molar-refractivity contribution in [3.05, 3.63) is 57.6 Å². The van der Waals surface area contributed by atoms with Crippen LogP contribution in [-0.2, 0) is 10.0 Å². The number of rotatable bonds is 3. The molecule has 2 unspecified atom stereocenters. The largest absolute Gasteiger partial charge is 0.293 e. The first kappa shape index (κ1) is 19.2. The van der Waals surface area contributed by atoms with Gasteiger partial charge in [-0.15, -0.1) is 11.8 Å². The number of ketones is 1. The number of nitrogens with zero attached hydrogens (tertiary/aromatic N) is 1. The lowest BCUT2D eigenvalue weighted by molar-refractivity contribution is 0.0946. The highest BCUT2D eigenvalue weighted by Crippen LogP contribution is 2.40. The van der Waals surface area contributed by atoms with Gasteiger partial charge < -0.3 is 0 Å². The van der Waals surface area contributed by atoms with Crippen molar-refractivity contribution in [3.63, 3.8) is 0 Å². The smallest absolute Gasteiger partial charge is 0.242 e. The van der Waals surface area contributed by atoms with Crippen molar-refractivity contribution in [1.82, 2.24) is 4.72 Å². The van der Waals surface area contributed by atoms with Crippen LogP contribution in [-0.4, -0.2) is 19.6 Å². The molecule has 0 saturated heterocycles. The molecule has 1 aliphatic heterocycles. The van der Waals surface area contributed by atoms with E-state index in [1.807, 2.05) is 6.07 Å². The van der Waals surface area contributed by atoms with Gasteiger partial charge in [-0.3, -0.25) is 4.79 Å². The number of Topliss-reactive ketones (excluding diaryl/α,β-unsaturated/α-hetero) is 1. The van der Waals surface area contributed by atoms with E-state index in [9.17, 15) is 18.5 Å². The number of aryl methyl sites for hydroxylation is 1. The van der Waals surface area contributed by atoms with Gasteiger partial charge in [-0.25, -0.2) is 8.42 Å². The summed E-state index contributed by atoms with van der Waals surface area (Å²) in [5.74, 6) is -1.68. The Bertz CT molecular complexity index is 1030. The molecule has 0 fully saturated rings. The predicted molar refractivity (Wildman–Crippen MR) is 101 cm³/mol. The number of benzene rings is 2. The minimum Gasteiger partial charge on any atom is -0.293 e. The molecule has 9 heteroatoms. The first-order valence-electron chi connectivity index (χ1n) is 7.41. The number of hydrogen-bond acceptors (Lipinski definition) is 5. The van der Waals surface area contributed by atoms with Crippen molar-refractivity contribution in [2.45, 2.75) is 22.1 Å². The van der Waals surface area contributed by atoms with Gasteiger partial charge in [0.1, 0.15) is 5.92 Å². The zero-order valence-corrected chi connectivity index (χ0v) is 16.5. The van der Waals surface area contributed by atoms with Crippen molar-refractivity contribution >= 4 is 50.8 Å². The summed E-state index contributed by atoms with van der Waals surface area (Å²) in [6.07, 6.45) is 0. The summed E-state index contributed by atoms with van der Waals surface area (Å²) in [5.41, 5.74) is 0.914. The maximum Gasteiger partial charge on any atom is 0.242 e. The van der Waals surface area contributed by atoms with Gasteiger partial charge in [-0.1, -0.05) is 23.2 Å². The zero-order valence-electron chi connectivity index (χ0n) is 13.4. The highest BCUT2D eigenvalue weighted by molar-refractivity contribution is 8.02. The summed E-state index contributed by atoms with van der Waals surface area (Å²) in [6.45, 7) is 1.71. The number of sulfonamides is 1. The molecule has 0 amide bonds. The van der Waals surface area contributed by atoms with Crippen LogP contribution in [0.15, 0.2) is 46.2 Å². The molecule has 0 bridgehead atoms. The van der Waals surface area contributed by atoms with Crippen molar-refractivity contribution in [3.8, 4) is 6.07 Å². The fraction of sp³-hybridized carbons (Fsp3) is 0.176. The molecular weight excluding hydrogens is 415 g/mol. The normalized spacial score (nSPS) is 19.2. The van der Waals surface area contributed by atoms with Crippen LogP contribution < -0.4 is 4.72 Å². The Kier molecular flexibility index (Phi) is 5.33. The number of halogens is 2. The van der Waals surface area contributed by atoms with Gasteiger partial charge in [-0.05, 0) is 48.9 Å². The van der Waals surface area contributed by atoms with E-state index >= 15 is 0 Å². The molecule has 1 N–H and O–H groups in total. The Morgan fingerprint density at radius 1 is 1.27 bits per heavy atom. The molecule has 5 nitrogen and oxygen atoms in total. The lowest BCUT2D eigenvalue weighted by Gasteiger charge is -2.28. The lowest BCUT2D eigenvalue weighted by Crippen LogP contribution is -2.43. The van der Waals surface area contributed by atoms with Crippen LogP contribution in [0.3, 0.4) is 0 Å². The van der Waals surface area contributed by atoms with Gasteiger partial charge >= 0.3 is 0 Å². The highest BCUT2D eigenvalue weighted by atomic mass is 35.5. The molecule has 0 spiro atoms. The molecule has 0 radical (unpaired) electrons. The third-order valence-corrected chi connectivity index (χ3v) is 7.55. The van der Waals surface area contributed by atoms with Gasteiger partial charge in [-0.2, -0.15) is 9.98 Å². The molecule has 1 aliphatic rings.